The molecule has 0 atom stereocenters. The Morgan fingerprint density at radius 1 is 1.29 bits per heavy atom. The predicted molar refractivity (Wildman–Crippen MR) is 59.0 cm³/mol. The molecule has 1 aromatic rings. The van der Waals surface area contributed by atoms with E-state index in [4.69, 9.17) is 11.5 Å². The number of urea groups is 1. The van der Waals surface area contributed by atoms with Crippen molar-refractivity contribution in [2.24, 2.45) is 16.5 Å². The summed E-state index contributed by atoms with van der Waals surface area (Å²) in [6, 6.07) is 6.46. The highest BCUT2D eigenvalue weighted by atomic mass is 79.9. The van der Waals surface area contributed by atoms with E-state index in [-0.39, 0.29) is 5.96 Å². The second-order valence-corrected chi connectivity index (χ2v) is 3.39. The highest BCUT2D eigenvalue weighted by Gasteiger charge is 1.99. The number of anilines is 1. The number of guanidine groups is 1. The van der Waals surface area contributed by atoms with Crippen molar-refractivity contribution in [3.8, 4) is 0 Å². The van der Waals surface area contributed by atoms with E-state index in [0.29, 0.717) is 5.69 Å². The molecular weight excluding hydrogens is 248 g/mol. The lowest BCUT2D eigenvalue weighted by Crippen LogP contribution is -2.25. The number of carbonyl (C=O) groups is 1. The number of benzene rings is 1. The first-order valence-electron chi connectivity index (χ1n) is 3.74. The number of nitrogens with zero attached hydrogens (tertiary/aromatic N) is 1. The van der Waals surface area contributed by atoms with E-state index in [9.17, 15) is 4.79 Å². The minimum Gasteiger partial charge on any atom is -0.370 e. The molecule has 5 N–H and O–H groups in total. The standard InChI is InChI=1S/C8H9BrN4O/c9-5-1-3-6(4-2-5)12-8(14)13-7(10)11/h1-4H,(H5,10,11,12,13,14). The van der Waals surface area contributed by atoms with Crippen LogP contribution in [0.5, 0.6) is 0 Å². The van der Waals surface area contributed by atoms with Crippen molar-refractivity contribution in [3.63, 3.8) is 0 Å². The van der Waals surface area contributed by atoms with Crippen LogP contribution in [-0.4, -0.2) is 12.0 Å². The molecule has 0 bridgehead atoms. The molecule has 2 amide bonds. The second kappa shape index (κ2) is 4.61. The highest BCUT2D eigenvalue weighted by molar-refractivity contribution is 9.10. The Morgan fingerprint density at radius 2 is 1.86 bits per heavy atom. The molecule has 0 heterocycles. The van der Waals surface area contributed by atoms with E-state index in [2.05, 4.69) is 26.2 Å². The Balaban J connectivity index is 2.66. The van der Waals surface area contributed by atoms with Gasteiger partial charge < -0.3 is 16.8 Å². The summed E-state index contributed by atoms with van der Waals surface area (Å²) in [4.78, 5) is 14.3. The van der Waals surface area contributed by atoms with Gasteiger partial charge in [0.05, 0.1) is 0 Å². The molecule has 1 aromatic carbocycles. The van der Waals surface area contributed by atoms with Crippen molar-refractivity contribution < 1.29 is 4.79 Å². The fraction of sp³-hybridized carbons (Fsp3) is 0. The van der Waals surface area contributed by atoms with Crippen LogP contribution in [0.15, 0.2) is 33.7 Å². The lowest BCUT2D eigenvalue weighted by Gasteiger charge is -2.00. The van der Waals surface area contributed by atoms with Gasteiger partial charge in [-0.2, -0.15) is 4.99 Å². The Hall–Kier alpha value is -1.56. The van der Waals surface area contributed by atoms with Crippen molar-refractivity contribution in [2.45, 2.75) is 0 Å². The minimum atomic E-state index is -0.590. The molecule has 0 aliphatic heterocycles. The van der Waals surface area contributed by atoms with Gasteiger partial charge in [-0.3, -0.25) is 0 Å². The van der Waals surface area contributed by atoms with Crippen LogP contribution in [0, 0.1) is 0 Å². The molecule has 0 aliphatic carbocycles. The third kappa shape index (κ3) is 3.44. The number of halogens is 1. The summed E-state index contributed by atoms with van der Waals surface area (Å²) in [6.07, 6.45) is 0. The van der Waals surface area contributed by atoms with Crippen LogP contribution in [0.2, 0.25) is 0 Å². The molecule has 1 rings (SSSR count). The average molecular weight is 257 g/mol. The summed E-state index contributed by atoms with van der Waals surface area (Å²) in [5.41, 5.74) is 10.7. The van der Waals surface area contributed by atoms with Gasteiger partial charge in [-0.05, 0) is 24.3 Å². The van der Waals surface area contributed by atoms with Gasteiger partial charge in [0.2, 0.25) is 0 Å². The Morgan fingerprint density at radius 3 is 2.36 bits per heavy atom. The van der Waals surface area contributed by atoms with Gasteiger partial charge in [0.25, 0.3) is 0 Å². The molecule has 6 heteroatoms. The summed E-state index contributed by atoms with van der Waals surface area (Å²) in [5, 5.41) is 2.49. The zero-order valence-corrected chi connectivity index (χ0v) is 8.78. The molecule has 0 saturated carbocycles. The first-order valence-corrected chi connectivity index (χ1v) is 4.53. The smallest absolute Gasteiger partial charge is 0.348 e. The third-order valence-electron chi connectivity index (χ3n) is 1.33. The maximum Gasteiger partial charge on any atom is 0.348 e. The fourth-order valence-electron chi connectivity index (χ4n) is 0.802. The average Bonchev–Trinajstić information content (AvgIpc) is 2.07. The SMILES string of the molecule is NC(N)=NC(=O)Nc1ccc(Br)cc1. The molecule has 0 radical (unpaired) electrons. The number of amides is 2. The van der Waals surface area contributed by atoms with Crippen LogP contribution >= 0.6 is 15.9 Å². The number of hydrogen-bond donors (Lipinski definition) is 3. The van der Waals surface area contributed by atoms with Gasteiger partial charge in [0.15, 0.2) is 5.96 Å². The topological polar surface area (TPSA) is 93.5 Å². The molecule has 14 heavy (non-hydrogen) atoms. The second-order valence-electron chi connectivity index (χ2n) is 2.47. The van der Waals surface area contributed by atoms with Crippen molar-refractivity contribution >= 4 is 33.6 Å². The predicted octanol–water partition coefficient (Wildman–Crippen LogP) is 1.25. The van der Waals surface area contributed by atoms with Gasteiger partial charge >= 0.3 is 6.03 Å². The van der Waals surface area contributed by atoms with Crippen molar-refractivity contribution in [1.29, 1.82) is 0 Å². The van der Waals surface area contributed by atoms with Crippen LogP contribution in [0.1, 0.15) is 0 Å². The molecule has 0 aromatic heterocycles. The third-order valence-corrected chi connectivity index (χ3v) is 1.85. The van der Waals surface area contributed by atoms with Crippen LogP contribution in [0.4, 0.5) is 10.5 Å². The number of carbonyl (C=O) groups excluding carboxylic acids is 1. The van der Waals surface area contributed by atoms with Gasteiger partial charge in [-0.25, -0.2) is 4.79 Å². The largest absolute Gasteiger partial charge is 0.370 e. The van der Waals surface area contributed by atoms with E-state index in [0.717, 1.165) is 4.47 Å². The zero-order chi connectivity index (χ0) is 10.6. The summed E-state index contributed by atoms with van der Waals surface area (Å²) in [5.74, 6) is -0.264. The maximum absolute atomic E-state index is 11.0. The molecule has 0 aliphatic rings. The summed E-state index contributed by atoms with van der Waals surface area (Å²) in [7, 11) is 0. The first-order chi connectivity index (χ1) is 6.58. The summed E-state index contributed by atoms with van der Waals surface area (Å²) >= 11 is 3.27. The lowest BCUT2D eigenvalue weighted by molar-refractivity contribution is 0.259. The van der Waals surface area contributed by atoms with Gasteiger partial charge in [0, 0.05) is 10.2 Å². The van der Waals surface area contributed by atoms with Gasteiger partial charge in [0.1, 0.15) is 0 Å². The molecule has 0 fully saturated rings. The van der Waals surface area contributed by atoms with E-state index >= 15 is 0 Å². The summed E-state index contributed by atoms with van der Waals surface area (Å²) < 4.78 is 0.928. The van der Waals surface area contributed by atoms with Crippen LogP contribution in [0.3, 0.4) is 0 Å². The van der Waals surface area contributed by atoms with E-state index < -0.39 is 6.03 Å². The Bertz CT molecular complexity index is 356. The Labute approximate surface area is 89.3 Å². The first kappa shape index (κ1) is 10.5. The molecule has 0 saturated heterocycles. The molecular formula is C8H9BrN4O. The van der Waals surface area contributed by atoms with E-state index in [1.165, 1.54) is 0 Å². The van der Waals surface area contributed by atoms with Crippen LogP contribution < -0.4 is 16.8 Å². The van der Waals surface area contributed by atoms with Crippen molar-refractivity contribution in [1.82, 2.24) is 0 Å². The summed E-state index contributed by atoms with van der Waals surface area (Å²) in [6.45, 7) is 0. The number of aliphatic imine (C=N–C) groups is 1. The minimum absolute atomic E-state index is 0.264. The highest BCUT2D eigenvalue weighted by Crippen LogP contribution is 2.13. The number of nitrogens with one attached hydrogen (secondary N) is 1. The fourth-order valence-corrected chi connectivity index (χ4v) is 1.07. The number of rotatable bonds is 1. The maximum atomic E-state index is 11.0. The van der Waals surface area contributed by atoms with Gasteiger partial charge in [-0.1, -0.05) is 15.9 Å². The van der Waals surface area contributed by atoms with Crippen molar-refractivity contribution in [3.05, 3.63) is 28.7 Å². The van der Waals surface area contributed by atoms with E-state index in [1.54, 1.807) is 24.3 Å². The Kier molecular flexibility index (Phi) is 3.47. The number of nitrogens with two attached hydrogens (primary N) is 2. The van der Waals surface area contributed by atoms with E-state index in [1.807, 2.05) is 0 Å². The molecule has 5 nitrogen and oxygen atoms in total. The van der Waals surface area contributed by atoms with Gasteiger partial charge in [-0.15, -0.1) is 0 Å². The molecule has 0 unspecified atom stereocenters. The van der Waals surface area contributed by atoms with Crippen LogP contribution in [0.25, 0.3) is 0 Å². The number of hydrogen-bond acceptors (Lipinski definition) is 1. The lowest BCUT2D eigenvalue weighted by atomic mass is 10.3. The molecule has 74 valence electrons. The molecule has 0 spiro atoms. The van der Waals surface area contributed by atoms with Crippen molar-refractivity contribution in [2.75, 3.05) is 5.32 Å². The monoisotopic (exact) mass is 256 g/mol. The zero-order valence-electron chi connectivity index (χ0n) is 7.20. The quantitative estimate of drug-likeness (QED) is 0.522. The van der Waals surface area contributed by atoms with Crippen LogP contribution in [-0.2, 0) is 0 Å². The normalized spacial score (nSPS) is 9.21.